The zero-order valence-corrected chi connectivity index (χ0v) is 14.9. The molecule has 0 bridgehead atoms. The van der Waals surface area contributed by atoms with Crippen molar-refractivity contribution >= 4 is 34.7 Å². The van der Waals surface area contributed by atoms with Crippen molar-refractivity contribution in [2.24, 2.45) is 5.10 Å². The number of hydrazone groups is 1. The summed E-state index contributed by atoms with van der Waals surface area (Å²) in [4.78, 5) is 12.2. The van der Waals surface area contributed by atoms with E-state index in [0.717, 1.165) is 3.77 Å². The summed E-state index contributed by atoms with van der Waals surface area (Å²) >= 11 is 2.04. The molecular weight excluding hydrogens is 415 g/mol. The largest absolute Gasteiger partial charge is 0.493 e. The minimum atomic E-state index is -0.415. The Morgan fingerprint density at radius 2 is 1.83 bits per heavy atom. The van der Waals surface area contributed by atoms with E-state index in [4.69, 9.17) is 18.6 Å². The third-order valence-corrected chi connectivity index (χ3v) is 3.46. The number of hydrogen-bond acceptors (Lipinski definition) is 6. The summed E-state index contributed by atoms with van der Waals surface area (Å²) in [6.07, 6.45) is 1.41. The predicted molar refractivity (Wildman–Crippen MR) is 92.6 cm³/mol. The molecule has 23 heavy (non-hydrogen) atoms. The van der Waals surface area contributed by atoms with Gasteiger partial charge < -0.3 is 18.6 Å². The molecular formula is C15H15IN2O5. The van der Waals surface area contributed by atoms with Gasteiger partial charge in [0, 0.05) is 5.56 Å². The minimum absolute atomic E-state index is 0.325. The molecule has 0 spiro atoms. The van der Waals surface area contributed by atoms with Crippen LogP contribution in [0.5, 0.6) is 17.2 Å². The molecule has 7 nitrogen and oxygen atoms in total. The van der Waals surface area contributed by atoms with Crippen LogP contribution in [0.15, 0.2) is 33.8 Å². The molecule has 0 aliphatic heterocycles. The minimum Gasteiger partial charge on any atom is -0.493 e. The standard InChI is InChI=1S/C15H15IN2O5/c1-20-11-6-9(7-12(21-2)14(11)22-3)15(19)18-17-8-10-4-5-13(16)23-10/h4-8H,1-3H3,(H,18,19). The molecule has 1 amide bonds. The van der Waals surface area contributed by atoms with Crippen molar-refractivity contribution in [2.45, 2.75) is 0 Å². The van der Waals surface area contributed by atoms with Crippen LogP contribution < -0.4 is 19.6 Å². The number of nitrogens with zero attached hydrogens (tertiary/aromatic N) is 1. The predicted octanol–water partition coefficient (Wildman–Crippen LogP) is 2.67. The summed E-state index contributed by atoms with van der Waals surface area (Å²) in [6, 6.07) is 6.63. The van der Waals surface area contributed by atoms with Gasteiger partial charge in [0.1, 0.15) is 5.76 Å². The Balaban J connectivity index is 2.17. The first-order chi connectivity index (χ1) is 11.1. The van der Waals surface area contributed by atoms with Crippen LogP contribution in [0.25, 0.3) is 0 Å². The van der Waals surface area contributed by atoms with Crippen LogP contribution in [0, 0.1) is 3.77 Å². The van der Waals surface area contributed by atoms with Crippen molar-refractivity contribution in [1.29, 1.82) is 0 Å². The van der Waals surface area contributed by atoms with Gasteiger partial charge in [-0.05, 0) is 46.9 Å². The Bertz CT molecular complexity index is 701. The average Bonchev–Trinajstić information content (AvgIpc) is 2.98. The van der Waals surface area contributed by atoms with Gasteiger partial charge >= 0.3 is 0 Å². The highest BCUT2D eigenvalue weighted by atomic mass is 127. The van der Waals surface area contributed by atoms with Crippen LogP contribution >= 0.6 is 22.6 Å². The number of amides is 1. The Morgan fingerprint density at radius 3 is 2.30 bits per heavy atom. The van der Waals surface area contributed by atoms with Crippen LogP contribution in [0.2, 0.25) is 0 Å². The van der Waals surface area contributed by atoms with Gasteiger partial charge in [0.15, 0.2) is 15.3 Å². The highest BCUT2D eigenvalue weighted by molar-refractivity contribution is 14.1. The van der Waals surface area contributed by atoms with Crippen LogP contribution in [0.4, 0.5) is 0 Å². The third-order valence-electron chi connectivity index (χ3n) is 2.88. The molecule has 1 N–H and O–H groups in total. The van der Waals surface area contributed by atoms with E-state index < -0.39 is 5.91 Å². The molecule has 0 aliphatic carbocycles. The summed E-state index contributed by atoms with van der Waals surface area (Å²) in [5, 5.41) is 3.85. The van der Waals surface area contributed by atoms with Gasteiger partial charge in [-0.15, -0.1) is 0 Å². The average molecular weight is 430 g/mol. The van der Waals surface area contributed by atoms with Gasteiger partial charge in [0.25, 0.3) is 5.91 Å². The Labute approximate surface area is 146 Å². The number of nitrogens with one attached hydrogen (secondary N) is 1. The molecule has 8 heteroatoms. The molecule has 2 rings (SSSR count). The molecule has 0 fully saturated rings. The molecule has 2 aromatic rings. The topological polar surface area (TPSA) is 82.3 Å². The van der Waals surface area contributed by atoms with E-state index in [0.29, 0.717) is 28.6 Å². The first-order valence-corrected chi connectivity index (χ1v) is 7.55. The molecule has 0 unspecified atom stereocenters. The highest BCUT2D eigenvalue weighted by Gasteiger charge is 2.16. The number of ether oxygens (including phenoxy) is 3. The maximum absolute atomic E-state index is 12.2. The highest BCUT2D eigenvalue weighted by Crippen LogP contribution is 2.38. The van der Waals surface area contributed by atoms with Crippen molar-refractivity contribution in [3.63, 3.8) is 0 Å². The van der Waals surface area contributed by atoms with E-state index in [-0.39, 0.29) is 0 Å². The summed E-state index contributed by atoms with van der Waals surface area (Å²) in [7, 11) is 4.46. The van der Waals surface area contributed by atoms with Gasteiger partial charge in [-0.3, -0.25) is 4.79 Å². The second-order valence-electron chi connectivity index (χ2n) is 4.26. The maximum atomic E-state index is 12.2. The number of rotatable bonds is 6. The lowest BCUT2D eigenvalue weighted by Gasteiger charge is -2.13. The molecule has 0 atom stereocenters. The first kappa shape index (κ1) is 17.1. The molecule has 122 valence electrons. The fourth-order valence-electron chi connectivity index (χ4n) is 1.83. The summed E-state index contributed by atoms with van der Waals surface area (Å²) in [6.45, 7) is 0. The number of halogens is 1. The Kier molecular flexibility index (Phi) is 5.85. The monoisotopic (exact) mass is 430 g/mol. The molecule has 0 saturated carbocycles. The van der Waals surface area contributed by atoms with Gasteiger partial charge in [-0.2, -0.15) is 5.10 Å². The quantitative estimate of drug-likeness (QED) is 0.433. The van der Waals surface area contributed by atoms with Crippen molar-refractivity contribution in [3.05, 3.63) is 39.4 Å². The number of carbonyl (C=O) groups excluding carboxylic acids is 1. The number of benzene rings is 1. The Hall–Kier alpha value is -2.23. The normalized spacial score (nSPS) is 10.6. The molecule has 1 aromatic heterocycles. The van der Waals surface area contributed by atoms with E-state index in [1.807, 2.05) is 22.6 Å². The zero-order valence-electron chi connectivity index (χ0n) is 12.8. The van der Waals surface area contributed by atoms with Crippen molar-refractivity contribution in [2.75, 3.05) is 21.3 Å². The van der Waals surface area contributed by atoms with Crippen LogP contribution in [-0.2, 0) is 0 Å². The van der Waals surface area contributed by atoms with Gasteiger partial charge in [0.05, 0.1) is 27.5 Å². The number of hydrogen-bond donors (Lipinski definition) is 1. The van der Waals surface area contributed by atoms with E-state index >= 15 is 0 Å². The molecule has 1 aromatic carbocycles. The summed E-state index contributed by atoms with van der Waals surface area (Å²) in [5.41, 5.74) is 2.74. The van der Waals surface area contributed by atoms with Gasteiger partial charge in [-0.25, -0.2) is 5.43 Å². The molecule has 0 aliphatic rings. The zero-order chi connectivity index (χ0) is 16.8. The first-order valence-electron chi connectivity index (χ1n) is 6.47. The summed E-state index contributed by atoms with van der Waals surface area (Å²) < 4.78 is 21.7. The second kappa shape index (κ2) is 7.86. The van der Waals surface area contributed by atoms with Crippen molar-refractivity contribution in [3.8, 4) is 17.2 Å². The van der Waals surface area contributed by atoms with Crippen molar-refractivity contribution < 1.29 is 23.4 Å². The van der Waals surface area contributed by atoms with Gasteiger partial charge in [-0.1, -0.05) is 0 Å². The number of methoxy groups -OCH3 is 3. The summed E-state index contributed by atoms with van der Waals surface area (Å²) in [5.74, 6) is 1.32. The number of carbonyl (C=O) groups is 1. The Morgan fingerprint density at radius 1 is 1.17 bits per heavy atom. The van der Waals surface area contributed by atoms with E-state index in [1.54, 1.807) is 24.3 Å². The number of furan rings is 1. The van der Waals surface area contributed by atoms with E-state index in [1.165, 1.54) is 27.5 Å². The van der Waals surface area contributed by atoms with Crippen LogP contribution in [-0.4, -0.2) is 33.5 Å². The lowest BCUT2D eigenvalue weighted by Crippen LogP contribution is -2.18. The van der Waals surface area contributed by atoms with Crippen LogP contribution in [0.1, 0.15) is 16.1 Å². The molecule has 0 radical (unpaired) electrons. The second-order valence-corrected chi connectivity index (χ2v) is 5.32. The van der Waals surface area contributed by atoms with Crippen molar-refractivity contribution in [1.82, 2.24) is 5.43 Å². The fraction of sp³-hybridized carbons (Fsp3) is 0.200. The molecule has 0 saturated heterocycles. The molecule has 1 heterocycles. The lowest BCUT2D eigenvalue weighted by molar-refractivity contribution is 0.0954. The third kappa shape index (κ3) is 4.15. The van der Waals surface area contributed by atoms with Gasteiger partial charge in [0.2, 0.25) is 5.75 Å². The van der Waals surface area contributed by atoms with Crippen LogP contribution in [0.3, 0.4) is 0 Å². The van der Waals surface area contributed by atoms with E-state index in [9.17, 15) is 4.79 Å². The lowest BCUT2D eigenvalue weighted by atomic mass is 10.1. The fourth-order valence-corrected chi connectivity index (χ4v) is 2.26. The SMILES string of the molecule is COc1cc(C(=O)NN=Cc2ccc(I)o2)cc(OC)c1OC. The maximum Gasteiger partial charge on any atom is 0.271 e. The smallest absolute Gasteiger partial charge is 0.271 e. The van der Waals surface area contributed by atoms with E-state index in [2.05, 4.69) is 10.5 Å².